The third kappa shape index (κ3) is 2.16. The van der Waals surface area contributed by atoms with Crippen LogP contribution < -0.4 is 10.1 Å². The molecule has 1 aliphatic heterocycles. The Kier molecular flexibility index (Phi) is 3.43. The molecular formula is C17H18N2O4S. The van der Waals surface area contributed by atoms with Crippen LogP contribution in [-0.2, 0) is 10.0 Å². The van der Waals surface area contributed by atoms with E-state index in [2.05, 4.69) is 12.2 Å². The lowest BCUT2D eigenvalue weighted by Gasteiger charge is -2.14. The number of rotatable bonds is 2. The molecule has 6 nitrogen and oxygen atoms in total. The first-order valence-electron chi connectivity index (χ1n) is 7.80. The summed E-state index contributed by atoms with van der Waals surface area (Å²) in [5, 5.41) is 4.25. The van der Waals surface area contributed by atoms with Crippen molar-refractivity contribution in [3.05, 3.63) is 48.0 Å². The van der Waals surface area contributed by atoms with Gasteiger partial charge >= 0.3 is 0 Å². The smallest absolute Gasteiger partial charge is 0.271 e. The first kappa shape index (κ1) is 15.3. The minimum absolute atomic E-state index is 0.0837. The summed E-state index contributed by atoms with van der Waals surface area (Å²) in [4.78, 5) is 0.178. The molecule has 0 fully saturated rings. The van der Waals surface area contributed by atoms with Crippen LogP contribution in [0.2, 0.25) is 0 Å². The molecule has 1 N–H and O–H groups in total. The molecule has 1 atom stereocenters. The van der Waals surface area contributed by atoms with Crippen molar-refractivity contribution in [3.8, 4) is 5.75 Å². The second kappa shape index (κ2) is 5.39. The van der Waals surface area contributed by atoms with Gasteiger partial charge in [0.15, 0.2) is 0 Å². The fourth-order valence-corrected chi connectivity index (χ4v) is 4.75. The summed E-state index contributed by atoms with van der Waals surface area (Å²) in [6.07, 6.45) is 2.98. The van der Waals surface area contributed by atoms with Gasteiger partial charge in [0, 0.05) is 29.7 Å². The maximum absolute atomic E-state index is 13.0. The van der Waals surface area contributed by atoms with Crippen LogP contribution in [0.25, 0.3) is 10.9 Å². The molecule has 4 rings (SSSR count). The summed E-state index contributed by atoms with van der Waals surface area (Å²) in [5.74, 6) is 1.18. The van der Waals surface area contributed by atoms with Gasteiger partial charge in [-0.3, -0.25) is 0 Å². The van der Waals surface area contributed by atoms with Gasteiger partial charge < -0.3 is 14.5 Å². The molecule has 24 heavy (non-hydrogen) atoms. The molecule has 0 spiro atoms. The molecular weight excluding hydrogens is 328 g/mol. The van der Waals surface area contributed by atoms with Crippen molar-refractivity contribution < 1.29 is 17.6 Å². The van der Waals surface area contributed by atoms with E-state index in [0.29, 0.717) is 17.9 Å². The molecule has 1 unspecified atom stereocenters. The van der Waals surface area contributed by atoms with Crippen molar-refractivity contribution in [2.75, 3.05) is 13.2 Å². The van der Waals surface area contributed by atoms with Crippen molar-refractivity contribution in [3.63, 3.8) is 0 Å². The monoisotopic (exact) mass is 346 g/mol. The first-order chi connectivity index (χ1) is 11.5. The van der Waals surface area contributed by atoms with Gasteiger partial charge in [0.1, 0.15) is 23.0 Å². The predicted molar refractivity (Wildman–Crippen MR) is 89.9 cm³/mol. The molecule has 3 aromatic rings. The van der Waals surface area contributed by atoms with Gasteiger partial charge in [-0.2, -0.15) is 0 Å². The summed E-state index contributed by atoms with van der Waals surface area (Å²) < 4.78 is 38.2. The number of ether oxygens (including phenoxy) is 1. The molecule has 7 heteroatoms. The second-order valence-electron chi connectivity index (χ2n) is 5.89. The predicted octanol–water partition coefficient (Wildman–Crippen LogP) is 2.82. The molecule has 126 valence electrons. The van der Waals surface area contributed by atoms with Gasteiger partial charge in [0.2, 0.25) is 0 Å². The van der Waals surface area contributed by atoms with E-state index in [1.807, 2.05) is 12.1 Å². The molecule has 1 aliphatic rings. The third-order valence-electron chi connectivity index (χ3n) is 4.43. The number of aromatic nitrogens is 1. The van der Waals surface area contributed by atoms with Gasteiger partial charge in [0.25, 0.3) is 10.0 Å². The number of nitrogens with one attached hydrogen (secondary N) is 1. The van der Waals surface area contributed by atoms with Crippen molar-refractivity contribution in [2.24, 2.45) is 0 Å². The summed E-state index contributed by atoms with van der Waals surface area (Å²) in [7, 11) is -3.70. The minimum atomic E-state index is -3.70. The highest BCUT2D eigenvalue weighted by Crippen LogP contribution is 2.36. The SMILES string of the molecule is Cc1occc1S(=O)(=O)n1ccc2c3c(ccc21)OCCNC3C. The van der Waals surface area contributed by atoms with Crippen LogP contribution >= 0.6 is 0 Å². The largest absolute Gasteiger partial charge is 0.492 e. The van der Waals surface area contributed by atoms with E-state index in [4.69, 9.17) is 9.15 Å². The molecule has 0 saturated heterocycles. The molecule has 0 saturated carbocycles. The summed E-state index contributed by atoms with van der Waals surface area (Å²) >= 11 is 0. The van der Waals surface area contributed by atoms with E-state index in [1.54, 1.807) is 19.2 Å². The Morgan fingerprint density at radius 2 is 2.08 bits per heavy atom. The van der Waals surface area contributed by atoms with E-state index in [9.17, 15) is 8.42 Å². The third-order valence-corrected chi connectivity index (χ3v) is 6.25. The fraction of sp³-hybridized carbons (Fsp3) is 0.294. The number of aryl methyl sites for hydroxylation is 1. The van der Waals surface area contributed by atoms with E-state index < -0.39 is 10.0 Å². The van der Waals surface area contributed by atoms with E-state index in [-0.39, 0.29) is 10.9 Å². The highest BCUT2D eigenvalue weighted by Gasteiger charge is 2.26. The number of fused-ring (bicyclic) bond motifs is 3. The number of nitrogens with zero attached hydrogens (tertiary/aromatic N) is 1. The van der Waals surface area contributed by atoms with Gasteiger partial charge in [-0.1, -0.05) is 0 Å². The topological polar surface area (TPSA) is 73.5 Å². The summed E-state index contributed by atoms with van der Waals surface area (Å²) in [5.41, 5.74) is 1.62. The van der Waals surface area contributed by atoms with Crippen LogP contribution in [0.15, 0.2) is 46.0 Å². The maximum atomic E-state index is 13.0. The van der Waals surface area contributed by atoms with E-state index in [0.717, 1.165) is 23.2 Å². The van der Waals surface area contributed by atoms with Crippen LogP contribution in [0.4, 0.5) is 0 Å². The van der Waals surface area contributed by atoms with Crippen molar-refractivity contribution in [2.45, 2.75) is 24.8 Å². The molecule has 2 aromatic heterocycles. The average molecular weight is 346 g/mol. The second-order valence-corrected chi connectivity index (χ2v) is 7.68. The lowest BCUT2D eigenvalue weighted by molar-refractivity contribution is 0.325. The summed E-state index contributed by atoms with van der Waals surface area (Å²) in [6, 6.07) is 7.02. The maximum Gasteiger partial charge on any atom is 0.271 e. The zero-order valence-electron chi connectivity index (χ0n) is 13.4. The Morgan fingerprint density at radius 3 is 2.83 bits per heavy atom. The van der Waals surface area contributed by atoms with E-state index >= 15 is 0 Å². The quantitative estimate of drug-likeness (QED) is 0.772. The minimum Gasteiger partial charge on any atom is -0.492 e. The van der Waals surface area contributed by atoms with Crippen LogP contribution in [0, 0.1) is 6.92 Å². The molecule has 0 bridgehead atoms. The van der Waals surface area contributed by atoms with Crippen molar-refractivity contribution in [1.29, 1.82) is 0 Å². The van der Waals surface area contributed by atoms with Crippen LogP contribution in [0.3, 0.4) is 0 Å². The molecule has 0 aliphatic carbocycles. The standard InChI is InChI=1S/C17H18N2O4S/c1-11-17-13-5-8-19(24(20,21)16-6-9-22-12(16)2)14(13)3-4-15(17)23-10-7-18-11/h3-6,8-9,11,18H,7,10H2,1-2H3. The molecule has 3 heterocycles. The normalized spacial score (nSPS) is 18.2. The number of benzene rings is 1. The molecule has 0 amide bonds. The van der Waals surface area contributed by atoms with Gasteiger partial charge in [-0.05, 0) is 38.1 Å². The van der Waals surface area contributed by atoms with Crippen LogP contribution in [-0.4, -0.2) is 25.5 Å². The highest BCUT2D eigenvalue weighted by atomic mass is 32.2. The Bertz CT molecular complexity index is 1020. The Hall–Kier alpha value is -2.25. The summed E-state index contributed by atoms with van der Waals surface area (Å²) in [6.45, 7) is 5.05. The van der Waals surface area contributed by atoms with Crippen molar-refractivity contribution in [1.82, 2.24) is 9.29 Å². The Labute approximate surface area is 140 Å². The number of hydrogen-bond donors (Lipinski definition) is 1. The lowest BCUT2D eigenvalue weighted by atomic mass is 10.0. The van der Waals surface area contributed by atoms with Crippen molar-refractivity contribution >= 4 is 20.9 Å². The zero-order valence-corrected chi connectivity index (χ0v) is 14.3. The fourth-order valence-electron chi connectivity index (χ4n) is 3.26. The van der Waals surface area contributed by atoms with Gasteiger partial charge in [-0.25, -0.2) is 12.4 Å². The number of hydrogen-bond acceptors (Lipinski definition) is 5. The lowest BCUT2D eigenvalue weighted by Crippen LogP contribution is -2.20. The van der Waals surface area contributed by atoms with Crippen LogP contribution in [0.1, 0.15) is 24.3 Å². The molecule has 0 radical (unpaired) electrons. The highest BCUT2D eigenvalue weighted by molar-refractivity contribution is 7.90. The number of furan rings is 1. The Morgan fingerprint density at radius 1 is 1.25 bits per heavy atom. The van der Waals surface area contributed by atoms with Crippen LogP contribution in [0.5, 0.6) is 5.75 Å². The van der Waals surface area contributed by atoms with E-state index in [1.165, 1.54) is 16.3 Å². The van der Waals surface area contributed by atoms with Gasteiger partial charge in [-0.15, -0.1) is 0 Å². The van der Waals surface area contributed by atoms with Gasteiger partial charge in [0.05, 0.1) is 11.8 Å². The zero-order chi connectivity index (χ0) is 16.9. The Balaban J connectivity index is 1.96. The molecule has 1 aromatic carbocycles. The first-order valence-corrected chi connectivity index (χ1v) is 9.24. The average Bonchev–Trinajstić information content (AvgIpc) is 3.13.